The number of carbonyl (C=O) groups is 8. The number of amides is 8. The SMILES string of the molecule is CCCCCCOc1ccc(-c2nc3cc(C(=O)N[C@H]4CC(O)CNC(=O)C5C(O)C(C)CN5C(=O)C(C(O)CC(N)=O)NC(=O)C(C(O)C(O)c5ccc(O)c(OSOOO)c5)NC(=O)C5CC(O)CN5C(=O)C(C(C)O)NC4=O)ccc3o2)cc1. The molecular weight excluding hydrogens is 1170 g/mol. The van der Waals surface area contributed by atoms with Crippen molar-refractivity contribution in [2.45, 2.75) is 145 Å². The Morgan fingerprint density at radius 1 is 0.828 bits per heavy atom. The smallest absolute Gasteiger partial charge is 0.261 e. The van der Waals surface area contributed by atoms with Gasteiger partial charge in [0.25, 0.3) is 18.2 Å². The molecule has 16 N–H and O–H groups in total. The van der Waals surface area contributed by atoms with Crippen molar-refractivity contribution in [2.24, 2.45) is 11.7 Å². The maximum absolute atomic E-state index is 14.7. The largest absolute Gasteiger partial charge is 0.504 e. The number of hydrogen-bond donors (Lipinski definition) is 15. The lowest BCUT2D eigenvalue weighted by atomic mass is 9.96. The van der Waals surface area contributed by atoms with Crippen LogP contribution in [0.2, 0.25) is 0 Å². The van der Waals surface area contributed by atoms with Crippen molar-refractivity contribution < 1.29 is 107 Å². The van der Waals surface area contributed by atoms with Crippen LogP contribution < -0.4 is 41.2 Å². The molecule has 4 aromatic rings. The summed E-state index contributed by atoms with van der Waals surface area (Å²) >= 11 is -0.0248. The molecular formula is C55H71N9O22S. The van der Waals surface area contributed by atoms with Crippen LogP contribution in [0.4, 0.5) is 0 Å². The van der Waals surface area contributed by atoms with E-state index in [0.29, 0.717) is 17.9 Å². The number of aliphatic hydroxyl groups excluding tert-OH is 7. The first-order valence-electron chi connectivity index (χ1n) is 27.8. The van der Waals surface area contributed by atoms with E-state index in [1.165, 1.54) is 25.1 Å². The number of carbonyl (C=O) groups excluding carboxylic acids is 8. The van der Waals surface area contributed by atoms with Gasteiger partial charge in [0.1, 0.15) is 59.7 Å². The van der Waals surface area contributed by atoms with Gasteiger partial charge in [-0.1, -0.05) is 48.5 Å². The lowest BCUT2D eigenvalue weighted by Crippen LogP contribution is -2.64. The summed E-state index contributed by atoms with van der Waals surface area (Å²) in [5.74, 6) is -11.2. The molecule has 474 valence electrons. The van der Waals surface area contributed by atoms with Gasteiger partial charge in [0, 0.05) is 49.5 Å². The zero-order chi connectivity index (χ0) is 63.4. The number of phenols is 1. The Labute approximate surface area is 500 Å². The number of nitrogens with two attached hydrogens (primary N) is 1. The van der Waals surface area contributed by atoms with Gasteiger partial charge in [-0.15, -0.1) is 0 Å². The Balaban J connectivity index is 1.22. The summed E-state index contributed by atoms with van der Waals surface area (Å²) in [5, 5.41) is 114. The number of oxazole rings is 1. The quantitative estimate of drug-likeness (QED) is 0.0194. The second-order valence-electron chi connectivity index (χ2n) is 21.5. The molecule has 8 amide bonds. The van der Waals surface area contributed by atoms with Crippen LogP contribution in [0.1, 0.15) is 87.7 Å². The molecule has 7 rings (SSSR count). The van der Waals surface area contributed by atoms with Crippen molar-refractivity contribution in [3.8, 4) is 28.7 Å². The number of aliphatic hydroxyl groups is 7. The first kappa shape index (κ1) is 66.8. The van der Waals surface area contributed by atoms with Gasteiger partial charge in [0.05, 0.1) is 43.5 Å². The molecule has 0 aliphatic carbocycles. The highest BCUT2D eigenvalue weighted by atomic mass is 32.2. The summed E-state index contributed by atoms with van der Waals surface area (Å²) in [5.41, 5.74) is 6.05. The molecule has 3 saturated heterocycles. The summed E-state index contributed by atoms with van der Waals surface area (Å²) in [7, 11) is 0. The van der Waals surface area contributed by atoms with Gasteiger partial charge >= 0.3 is 0 Å². The number of aromatic nitrogens is 1. The van der Waals surface area contributed by atoms with Gasteiger partial charge in [-0.25, -0.2) is 10.2 Å². The molecule has 0 bridgehead atoms. The van der Waals surface area contributed by atoms with Crippen molar-refractivity contribution in [2.75, 3.05) is 26.2 Å². The van der Waals surface area contributed by atoms with Gasteiger partial charge in [0.15, 0.2) is 17.1 Å². The van der Waals surface area contributed by atoms with Gasteiger partial charge in [-0.05, 0) is 73.5 Å². The number of nitrogens with one attached hydrogen (secondary N) is 5. The Bertz CT molecular complexity index is 3100. The summed E-state index contributed by atoms with van der Waals surface area (Å²) < 4.78 is 21.0. The Morgan fingerprint density at radius 3 is 2.22 bits per heavy atom. The van der Waals surface area contributed by atoms with Crippen LogP contribution in [0, 0.1) is 5.92 Å². The van der Waals surface area contributed by atoms with E-state index in [1.54, 1.807) is 24.3 Å². The average Bonchev–Trinajstić information content (AvgIpc) is 2.05. The van der Waals surface area contributed by atoms with Gasteiger partial charge in [-0.3, -0.25) is 38.4 Å². The molecule has 3 aromatic carbocycles. The summed E-state index contributed by atoms with van der Waals surface area (Å²) in [4.78, 5) is 120. The Hall–Kier alpha value is -7.76. The fourth-order valence-corrected chi connectivity index (χ4v) is 10.5. The molecule has 14 atom stereocenters. The van der Waals surface area contributed by atoms with E-state index in [-0.39, 0.29) is 40.4 Å². The molecule has 31 nitrogen and oxygen atoms in total. The first-order chi connectivity index (χ1) is 41.4. The molecule has 0 radical (unpaired) electrons. The Kier molecular flexibility index (Phi) is 23.2. The lowest BCUT2D eigenvalue weighted by Gasteiger charge is -2.34. The topological polar surface area (TPSA) is 474 Å². The van der Waals surface area contributed by atoms with E-state index in [0.717, 1.165) is 60.6 Å². The molecule has 87 heavy (non-hydrogen) atoms. The van der Waals surface area contributed by atoms with Crippen LogP contribution in [0.25, 0.3) is 22.6 Å². The van der Waals surface area contributed by atoms with Crippen LogP contribution in [-0.2, 0) is 42.9 Å². The number of ether oxygens (including phenoxy) is 1. The van der Waals surface area contributed by atoms with Crippen LogP contribution >= 0.6 is 12.3 Å². The molecule has 0 spiro atoms. The predicted octanol–water partition coefficient (Wildman–Crippen LogP) is -2.16. The van der Waals surface area contributed by atoms with Crippen LogP contribution in [0.3, 0.4) is 0 Å². The van der Waals surface area contributed by atoms with Crippen molar-refractivity contribution in [3.63, 3.8) is 0 Å². The number of rotatable bonds is 20. The normalized spacial score (nSPS) is 25.8. The summed E-state index contributed by atoms with van der Waals surface area (Å²) in [6, 6.07) is 1.79. The zero-order valence-corrected chi connectivity index (χ0v) is 48.1. The number of primary amides is 1. The van der Waals surface area contributed by atoms with E-state index < -0.39 is 183 Å². The Morgan fingerprint density at radius 2 is 1.53 bits per heavy atom. The molecule has 1 aromatic heterocycles. The molecule has 13 unspecified atom stereocenters. The predicted molar refractivity (Wildman–Crippen MR) is 300 cm³/mol. The minimum Gasteiger partial charge on any atom is -0.504 e. The van der Waals surface area contributed by atoms with Crippen molar-refractivity contribution in [1.29, 1.82) is 0 Å². The number of fused-ring (bicyclic) bond motifs is 3. The molecule has 32 heteroatoms. The van der Waals surface area contributed by atoms with Crippen molar-refractivity contribution in [1.82, 2.24) is 41.4 Å². The fourth-order valence-electron chi connectivity index (χ4n) is 10.3. The van der Waals surface area contributed by atoms with Crippen LogP contribution in [0.5, 0.6) is 17.2 Å². The average molecular weight is 1240 g/mol. The number of benzene rings is 3. The van der Waals surface area contributed by atoms with Gasteiger partial charge in [-0.2, -0.15) is 0 Å². The molecule has 3 fully saturated rings. The number of hydrogen-bond acceptors (Lipinski definition) is 24. The highest BCUT2D eigenvalue weighted by molar-refractivity contribution is 7.90. The van der Waals surface area contributed by atoms with Crippen molar-refractivity contribution in [3.05, 3.63) is 71.8 Å². The van der Waals surface area contributed by atoms with E-state index in [9.17, 15) is 79.2 Å². The second kappa shape index (κ2) is 30.2. The van der Waals surface area contributed by atoms with E-state index in [4.69, 9.17) is 24.3 Å². The molecule has 4 heterocycles. The summed E-state index contributed by atoms with van der Waals surface area (Å²) in [6.07, 6.45) is -12.0. The zero-order valence-electron chi connectivity index (χ0n) is 47.3. The number of nitrogens with zero attached hydrogens (tertiary/aromatic N) is 3. The third-order valence-electron chi connectivity index (χ3n) is 15.0. The lowest BCUT2D eigenvalue weighted by molar-refractivity contribution is -0.433. The fraction of sp³-hybridized carbons (Fsp3) is 0.509. The monoisotopic (exact) mass is 1240 g/mol. The minimum absolute atomic E-state index is 0.0248. The van der Waals surface area contributed by atoms with E-state index in [1.807, 2.05) is 0 Å². The number of β-amino-alcohol motifs (C(OH)–C–C–N with tert-alkyl or cyclic N) is 1. The number of phenolic OH excluding ortho intramolecular Hbond substituents is 1. The van der Waals surface area contributed by atoms with Crippen LogP contribution in [0.15, 0.2) is 65.1 Å². The highest BCUT2D eigenvalue weighted by Crippen LogP contribution is 2.34. The first-order valence-corrected chi connectivity index (χ1v) is 28.5. The molecule has 3 aliphatic rings. The third-order valence-corrected chi connectivity index (χ3v) is 15.3. The summed E-state index contributed by atoms with van der Waals surface area (Å²) in [6.45, 7) is 3.33. The minimum atomic E-state index is -2.53. The highest BCUT2D eigenvalue weighted by Gasteiger charge is 2.50. The van der Waals surface area contributed by atoms with E-state index in [2.05, 4.69) is 47.9 Å². The van der Waals surface area contributed by atoms with Crippen molar-refractivity contribution >= 4 is 70.7 Å². The van der Waals surface area contributed by atoms with Gasteiger partial charge < -0.3 is 96.3 Å². The molecule has 0 saturated carbocycles. The number of unbranched alkanes of at least 4 members (excludes halogenated alkanes) is 3. The number of aromatic hydroxyl groups is 1. The third kappa shape index (κ3) is 16.7. The van der Waals surface area contributed by atoms with E-state index >= 15 is 0 Å². The molecule has 3 aliphatic heterocycles. The van der Waals surface area contributed by atoms with Crippen LogP contribution in [-0.4, -0.2) is 207 Å². The maximum atomic E-state index is 14.7. The van der Waals surface area contributed by atoms with Gasteiger partial charge in [0.2, 0.25) is 47.2 Å². The maximum Gasteiger partial charge on any atom is 0.261 e. The second-order valence-corrected chi connectivity index (χ2v) is 21.9. The standard InChI is InChI=1S/C55H71N9O22S/c1-4-5-6-7-16-82-32-12-8-27(9-13-32)53-59-33-17-29(11-15-38(33)83-53)48(74)58-34-19-30(66)22-57-52(78)44-45(71)25(2)23-64(44)55(80)42(37(69)21-40(56)70)61-51(77)43(47(73)46(72)28-10-14-36(68)39(18-28)84-87-86-85-81)62-50(76)35-20-31(67)24-63(35)54(79)41(26(3)65)60-49(34)75/h8-15,17-18,25-26,30-31,34-35,37,41-47,65-69,71-73,81H,4-7,16,19-24H2,1-3H3,(H2,56,70)(H,57,78)(H,58,74)(H,60,75)(H,61,77)(H,62,76)/t25?,26?,30?,31?,34-,35?,37?,41?,42?,43?,44?,45?,46?,47?/m0/s1.